The molecule has 4 heteroatoms. The first-order valence-electron chi connectivity index (χ1n) is 5.47. The molecule has 1 aliphatic carbocycles. The van der Waals surface area contributed by atoms with Gasteiger partial charge in [0.15, 0.2) is 0 Å². The van der Waals surface area contributed by atoms with Crippen LogP contribution in [0.25, 0.3) is 0 Å². The summed E-state index contributed by atoms with van der Waals surface area (Å²) in [6, 6.07) is -0.000000000000000666. The van der Waals surface area contributed by atoms with Crippen molar-refractivity contribution in [2.75, 3.05) is 0 Å². The van der Waals surface area contributed by atoms with Gasteiger partial charge >= 0.3 is 0 Å². The molecule has 1 aliphatic rings. The van der Waals surface area contributed by atoms with E-state index < -0.39 is 0 Å². The normalized spacial score (nSPS) is 21.9. The van der Waals surface area contributed by atoms with Crippen LogP contribution in [0.3, 0.4) is 0 Å². The zero-order chi connectivity index (χ0) is 11.1. The maximum atomic E-state index is 6.34. The molecular weight excluding hydrogens is 210 g/mol. The van der Waals surface area contributed by atoms with E-state index in [0.717, 1.165) is 5.69 Å². The molecule has 0 saturated heterocycles. The van der Waals surface area contributed by atoms with Gasteiger partial charge in [0.1, 0.15) is 0 Å². The molecule has 0 spiro atoms. The van der Waals surface area contributed by atoms with Crippen LogP contribution in [0.5, 0.6) is 0 Å². The van der Waals surface area contributed by atoms with Gasteiger partial charge in [-0.05, 0) is 18.3 Å². The molecule has 15 heavy (non-hydrogen) atoms. The molecule has 0 radical (unpaired) electrons. The Morgan fingerprint density at radius 1 is 1.53 bits per heavy atom. The molecule has 1 fully saturated rings. The Labute approximate surface area is 95.6 Å². The summed E-state index contributed by atoms with van der Waals surface area (Å²) in [5.41, 5.74) is 7.50. The number of rotatable bonds is 2. The monoisotopic (exact) mass is 227 g/mol. The number of hydrogen-bond donors (Lipinski definition) is 1. The van der Waals surface area contributed by atoms with Crippen molar-refractivity contribution in [3.8, 4) is 0 Å². The molecule has 1 unspecified atom stereocenters. The van der Waals surface area contributed by atoms with Gasteiger partial charge in [-0.3, -0.25) is 4.68 Å². The number of nitrogens with two attached hydrogens (primary N) is 1. The van der Waals surface area contributed by atoms with E-state index in [9.17, 15) is 0 Å². The fraction of sp³-hybridized carbons (Fsp3) is 0.727. The fourth-order valence-corrected chi connectivity index (χ4v) is 2.88. The summed E-state index contributed by atoms with van der Waals surface area (Å²) in [5, 5.41) is 4.84. The molecule has 0 amide bonds. The minimum Gasteiger partial charge on any atom is -0.322 e. The van der Waals surface area contributed by atoms with Gasteiger partial charge < -0.3 is 5.73 Å². The van der Waals surface area contributed by atoms with Crippen LogP contribution in [-0.4, -0.2) is 9.78 Å². The average molecular weight is 228 g/mol. The highest BCUT2D eigenvalue weighted by atomic mass is 35.5. The molecule has 84 valence electrons. The molecule has 1 heterocycles. The van der Waals surface area contributed by atoms with Crippen LogP contribution in [0.1, 0.15) is 44.3 Å². The lowest BCUT2D eigenvalue weighted by Gasteiger charge is -2.31. The highest BCUT2D eigenvalue weighted by Crippen LogP contribution is 2.46. The number of aromatic nitrogens is 2. The third kappa shape index (κ3) is 1.79. The van der Waals surface area contributed by atoms with E-state index in [0.29, 0.717) is 5.02 Å². The lowest BCUT2D eigenvalue weighted by atomic mass is 9.79. The van der Waals surface area contributed by atoms with Gasteiger partial charge in [-0.25, -0.2) is 0 Å². The average Bonchev–Trinajstić information content (AvgIpc) is 2.75. The lowest BCUT2D eigenvalue weighted by molar-refractivity contribution is 0.256. The summed E-state index contributed by atoms with van der Waals surface area (Å²) in [5.74, 6) is 0. The Balaban J connectivity index is 2.31. The second-order valence-electron chi connectivity index (χ2n) is 4.84. The molecule has 1 aromatic rings. The fourth-order valence-electron chi connectivity index (χ4n) is 2.59. The minimum atomic E-state index is -0.000000000000000666. The first-order valence-corrected chi connectivity index (χ1v) is 5.85. The van der Waals surface area contributed by atoms with E-state index in [2.05, 4.69) is 12.0 Å². The first kappa shape index (κ1) is 11.0. The highest BCUT2D eigenvalue weighted by molar-refractivity contribution is 6.31. The van der Waals surface area contributed by atoms with Crippen LogP contribution in [0, 0.1) is 5.41 Å². The number of aryl methyl sites for hydroxylation is 1. The molecule has 2 rings (SSSR count). The largest absolute Gasteiger partial charge is 0.322 e. The Bertz CT molecular complexity index is 333. The summed E-state index contributed by atoms with van der Waals surface area (Å²) in [6.45, 7) is 2.26. The summed E-state index contributed by atoms with van der Waals surface area (Å²) in [7, 11) is 1.90. The molecule has 0 bridgehead atoms. The SMILES string of the molecule is Cn1ncc(Cl)c1C(N)C1(C)CCCC1. The second-order valence-corrected chi connectivity index (χ2v) is 5.25. The zero-order valence-corrected chi connectivity index (χ0v) is 10.1. The van der Waals surface area contributed by atoms with Crippen molar-refractivity contribution in [3.63, 3.8) is 0 Å². The first-order chi connectivity index (χ1) is 7.04. The summed E-state index contributed by atoms with van der Waals surface area (Å²) in [4.78, 5) is 0. The third-order valence-corrected chi connectivity index (χ3v) is 4.02. The minimum absolute atomic E-state index is 0.000000000000000666. The van der Waals surface area contributed by atoms with Crippen molar-refractivity contribution < 1.29 is 0 Å². The van der Waals surface area contributed by atoms with E-state index in [1.807, 2.05) is 7.05 Å². The number of hydrogen-bond acceptors (Lipinski definition) is 2. The van der Waals surface area contributed by atoms with Gasteiger partial charge in [-0.15, -0.1) is 0 Å². The van der Waals surface area contributed by atoms with Gasteiger partial charge in [-0.2, -0.15) is 5.10 Å². The van der Waals surface area contributed by atoms with E-state index in [4.69, 9.17) is 17.3 Å². The van der Waals surface area contributed by atoms with Crippen LogP contribution in [-0.2, 0) is 7.05 Å². The Morgan fingerprint density at radius 2 is 2.13 bits per heavy atom. The summed E-state index contributed by atoms with van der Waals surface area (Å²) in [6.07, 6.45) is 6.61. The van der Waals surface area contributed by atoms with E-state index >= 15 is 0 Å². The number of halogens is 1. The molecule has 0 aliphatic heterocycles. The smallest absolute Gasteiger partial charge is 0.0834 e. The second kappa shape index (κ2) is 3.80. The van der Waals surface area contributed by atoms with Crippen molar-refractivity contribution in [3.05, 3.63) is 16.9 Å². The van der Waals surface area contributed by atoms with Gasteiger partial charge in [0.2, 0.25) is 0 Å². The summed E-state index contributed by atoms with van der Waals surface area (Å²) < 4.78 is 1.80. The van der Waals surface area contributed by atoms with Crippen molar-refractivity contribution in [1.82, 2.24) is 9.78 Å². The van der Waals surface area contributed by atoms with Crippen LogP contribution in [0.2, 0.25) is 5.02 Å². The predicted octanol–water partition coefficient (Wildman–Crippen LogP) is 2.65. The number of nitrogens with zero attached hydrogens (tertiary/aromatic N) is 2. The molecule has 0 aromatic carbocycles. The van der Waals surface area contributed by atoms with Crippen molar-refractivity contribution in [1.29, 1.82) is 0 Å². The molecule has 2 N–H and O–H groups in total. The van der Waals surface area contributed by atoms with Gasteiger partial charge in [0.25, 0.3) is 0 Å². The quantitative estimate of drug-likeness (QED) is 0.844. The van der Waals surface area contributed by atoms with Gasteiger partial charge in [-0.1, -0.05) is 31.4 Å². The molecule has 3 nitrogen and oxygen atoms in total. The summed E-state index contributed by atoms with van der Waals surface area (Å²) >= 11 is 6.12. The standard InChI is InChI=1S/C11H18ClN3/c1-11(5-3-4-6-11)10(13)9-8(12)7-14-15(9)2/h7,10H,3-6,13H2,1-2H3. The van der Waals surface area contributed by atoms with Crippen molar-refractivity contribution >= 4 is 11.6 Å². The van der Waals surface area contributed by atoms with Crippen LogP contribution in [0.4, 0.5) is 0 Å². The van der Waals surface area contributed by atoms with Gasteiger partial charge in [0.05, 0.1) is 23.0 Å². The maximum Gasteiger partial charge on any atom is 0.0834 e. The van der Waals surface area contributed by atoms with E-state index in [1.165, 1.54) is 25.7 Å². The molecule has 1 saturated carbocycles. The molecule has 1 atom stereocenters. The molecule has 1 aromatic heterocycles. The molecular formula is C11H18ClN3. The lowest BCUT2D eigenvalue weighted by Crippen LogP contribution is -2.31. The topological polar surface area (TPSA) is 43.8 Å². The van der Waals surface area contributed by atoms with Gasteiger partial charge in [0, 0.05) is 7.05 Å². The maximum absolute atomic E-state index is 6.34. The Morgan fingerprint density at radius 3 is 2.60 bits per heavy atom. The van der Waals surface area contributed by atoms with Crippen LogP contribution in [0.15, 0.2) is 6.20 Å². The Kier molecular flexibility index (Phi) is 2.77. The predicted molar refractivity (Wildman–Crippen MR) is 61.7 cm³/mol. The highest BCUT2D eigenvalue weighted by Gasteiger charge is 2.37. The zero-order valence-electron chi connectivity index (χ0n) is 9.33. The third-order valence-electron chi connectivity index (χ3n) is 3.73. The van der Waals surface area contributed by atoms with E-state index in [1.54, 1.807) is 10.9 Å². The van der Waals surface area contributed by atoms with Crippen molar-refractivity contribution in [2.24, 2.45) is 18.2 Å². The van der Waals surface area contributed by atoms with E-state index in [-0.39, 0.29) is 11.5 Å². The van der Waals surface area contributed by atoms with Crippen LogP contribution >= 0.6 is 11.6 Å². The van der Waals surface area contributed by atoms with Crippen molar-refractivity contribution in [2.45, 2.75) is 38.6 Å². The Hall–Kier alpha value is -0.540. The van der Waals surface area contributed by atoms with Crippen LogP contribution < -0.4 is 5.73 Å².